The van der Waals surface area contributed by atoms with Gasteiger partial charge in [-0.05, 0) is 58.5 Å². The number of benzene rings is 3. The summed E-state index contributed by atoms with van der Waals surface area (Å²) in [6, 6.07) is 18.0. The second-order valence-electron chi connectivity index (χ2n) is 7.45. The Morgan fingerprint density at radius 2 is 1.79 bits per heavy atom. The molecule has 1 aliphatic carbocycles. The van der Waals surface area contributed by atoms with Crippen LogP contribution in [0.4, 0.5) is 5.69 Å². The first kappa shape index (κ1) is 17.9. The summed E-state index contributed by atoms with van der Waals surface area (Å²) in [4.78, 5) is 0.166. The van der Waals surface area contributed by atoms with Crippen LogP contribution in [-0.4, -0.2) is 8.42 Å². The Labute approximate surface area is 172 Å². The molecule has 4 nitrogen and oxygen atoms in total. The summed E-state index contributed by atoms with van der Waals surface area (Å²) in [5.41, 5.74) is 3.24. The van der Waals surface area contributed by atoms with E-state index >= 15 is 0 Å². The van der Waals surface area contributed by atoms with Crippen LogP contribution in [0.15, 0.2) is 76.1 Å². The fraction of sp³-hybridized carbons (Fsp3) is 0.182. The van der Waals surface area contributed by atoms with Crippen LogP contribution in [-0.2, 0) is 10.0 Å². The number of anilines is 1. The molecule has 0 amide bonds. The zero-order valence-electron chi connectivity index (χ0n) is 15.0. The highest BCUT2D eigenvalue weighted by molar-refractivity contribution is 9.10. The molecule has 6 heteroatoms. The standard InChI is InChI=1S/C22H19BrN2O2S/c23-20-10-9-18(14-4-1-2-5-16(14)20)22-17-7-3-6-15(17)19-12-13(28(24,26)27)8-11-21(19)25-22/h1-6,8-12,15,17,22,25H,7H2,(H2,24,26,27)/t15-,17+,22-/m0/s1. The lowest BCUT2D eigenvalue weighted by atomic mass is 9.76. The van der Waals surface area contributed by atoms with Gasteiger partial charge >= 0.3 is 0 Å². The van der Waals surface area contributed by atoms with Gasteiger partial charge in [-0.25, -0.2) is 13.6 Å². The normalized spacial score (nSPS) is 23.3. The molecule has 2 aliphatic rings. The van der Waals surface area contributed by atoms with E-state index in [1.807, 2.05) is 6.07 Å². The first-order valence-electron chi connectivity index (χ1n) is 9.20. The average molecular weight is 455 g/mol. The zero-order valence-corrected chi connectivity index (χ0v) is 17.4. The minimum absolute atomic E-state index is 0.144. The van der Waals surface area contributed by atoms with Crippen molar-refractivity contribution >= 4 is 42.4 Å². The third-order valence-corrected chi connectivity index (χ3v) is 7.50. The summed E-state index contributed by atoms with van der Waals surface area (Å²) in [7, 11) is -3.72. The Kier molecular flexibility index (Phi) is 4.12. The highest BCUT2D eigenvalue weighted by atomic mass is 79.9. The van der Waals surface area contributed by atoms with Crippen LogP contribution in [0.5, 0.6) is 0 Å². The number of hydrogen-bond acceptors (Lipinski definition) is 3. The van der Waals surface area contributed by atoms with Crippen molar-refractivity contribution < 1.29 is 8.42 Å². The molecular formula is C22H19BrN2O2S. The number of nitrogens with two attached hydrogens (primary N) is 1. The minimum atomic E-state index is -3.72. The lowest BCUT2D eigenvalue weighted by Crippen LogP contribution is -2.29. The van der Waals surface area contributed by atoms with Crippen molar-refractivity contribution in [3.63, 3.8) is 0 Å². The molecule has 0 saturated heterocycles. The zero-order chi connectivity index (χ0) is 19.5. The number of hydrogen-bond donors (Lipinski definition) is 2. The predicted molar refractivity (Wildman–Crippen MR) is 116 cm³/mol. The molecule has 0 saturated carbocycles. The molecule has 28 heavy (non-hydrogen) atoms. The average Bonchev–Trinajstić information content (AvgIpc) is 3.17. The molecule has 3 N–H and O–H groups in total. The molecule has 1 heterocycles. The molecule has 3 atom stereocenters. The van der Waals surface area contributed by atoms with Gasteiger partial charge in [-0.3, -0.25) is 0 Å². The highest BCUT2D eigenvalue weighted by Gasteiger charge is 2.38. The van der Waals surface area contributed by atoms with E-state index in [4.69, 9.17) is 5.14 Å². The minimum Gasteiger partial charge on any atom is -0.378 e. The Hall–Kier alpha value is -2.15. The molecule has 1 aliphatic heterocycles. The van der Waals surface area contributed by atoms with Crippen molar-refractivity contribution in [2.24, 2.45) is 11.1 Å². The maximum atomic E-state index is 11.8. The summed E-state index contributed by atoms with van der Waals surface area (Å²) in [6.45, 7) is 0. The van der Waals surface area contributed by atoms with E-state index in [9.17, 15) is 8.42 Å². The lowest BCUT2D eigenvalue weighted by Gasteiger charge is -2.38. The van der Waals surface area contributed by atoms with E-state index < -0.39 is 10.0 Å². The van der Waals surface area contributed by atoms with Gasteiger partial charge in [-0.15, -0.1) is 0 Å². The summed E-state index contributed by atoms with van der Waals surface area (Å²) < 4.78 is 24.7. The van der Waals surface area contributed by atoms with Gasteiger partial charge in [-0.2, -0.15) is 0 Å². The van der Waals surface area contributed by atoms with Gasteiger partial charge in [0.1, 0.15) is 0 Å². The Bertz CT molecular complexity index is 1240. The van der Waals surface area contributed by atoms with Crippen molar-refractivity contribution in [2.45, 2.75) is 23.3 Å². The number of nitrogens with one attached hydrogen (secondary N) is 1. The molecule has 0 unspecified atom stereocenters. The fourth-order valence-electron chi connectivity index (χ4n) is 4.61. The number of halogens is 1. The van der Waals surface area contributed by atoms with Crippen LogP contribution in [0.25, 0.3) is 10.8 Å². The molecular weight excluding hydrogens is 436 g/mol. The van der Waals surface area contributed by atoms with E-state index in [0.717, 1.165) is 22.1 Å². The topological polar surface area (TPSA) is 72.2 Å². The second kappa shape index (κ2) is 6.44. The molecule has 3 aromatic carbocycles. The van der Waals surface area contributed by atoms with Gasteiger partial charge in [0, 0.05) is 16.1 Å². The van der Waals surface area contributed by atoms with Gasteiger partial charge < -0.3 is 5.32 Å². The van der Waals surface area contributed by atoms with E-state index in [1.165, 1.54) is 16.3 Å². The molecule has 0 fully saturated rings. The van der Waals surface area contributed by atoms with E-state index in [1.54, 1.807) is 12.1 Å². The smallest absolute Gasteiger partial charge is 0.238 e. The summed E-state index contributed by atoms with van der Waals surface area (Å²) >= 11 is 3.66. The van der Waals surface area contributed by atoms with Gasteiger partial charge in [0.05, 0.1) is 10.9 Å². The molecule has 0 spiro atoms. The van der Waals surface area contributed by atoms with Crippen LogP contribution in [0.1, 0.15) is 29.5 Å². The van der Waals surface area contributed by atoms with Crippen LogP contribution in [0.2, 0.25) is 0 Å². The molecule has 0 radical (unpaired) electrons. The van der Waals surface area contributed by atoms with Crippen molar-refractivity contribution in [2.75, 3.05) is 5.32 Å². The monoisotopic (exact) mass is 454 g/mol. The highest BCUT2D eigenvalue weighted by Crippen LogP contribution is 2.51. The molecule has 5 rings (SSSR count). The number of sulfonamides is 1. The molecule has 142 valence electrons. The van der Waals surface area contributed by atoms with Crippen LogP contribution < -0.4 is 10.5 Å². The van der Waals surface area contributed by atoms with Crippen molar-refractivity contribution in [1.82, 2.24) is 0 Å². The first-order valence-corrected chi connectivity index (χ1v) is 11.5. The number of fused-ring (bicyclic) bond motifs is 4. The van der Waals surface area contributed by atoms with Crippen molar-refractivity contribution in [3.8, 4) is 0 Å². The first-order chi connectivity index (χ1) is 13.4. The second-order valence-corrected chi connectivity index (χ2v) is 9.87. The fourth-order valence-corrected chi connectivity index (χ4v) is 5.64. The molecule has 3 aromatic rings. The van der Waals surface area contributed by atoms with Crippen molar-refractivity contribution in [3.05, 3.63) is 82.3 Å². The van der Waals surface area contributed by atoms with Crippen molar-refractivity contribution in [1.29, 1.82) is 0 Å². The van der Waals surface area contributed by atoms with Gasteiger partial charge in [0.25, 0.3) is 0 Å². The third-order valence-electron chi connectivity index (χ3n) is 5.90. The SMILES string of the molecule is NS(=O)(=O)c1ccc2c(c1)[C@H]1C=CC[C@H]1[C@@H](c1ccc(Br)c3ccccc13)N2. The maximum absolute atomic E-state index is 11.8. The van der Waals surface area contributed by atoms with Crippen LogP contribution in [0.3, 0.4) is 0 Å². The maximum Gasteiger partial charge on any atom is 0.238 e. The van der Waals surface area contributed by atoms with Gasteiger partial charge in [-0.1, -0.05) is 58.4 Å². The number of allylic oxidation sites excluding steroid dienone is 2. The Balaban J connectivity index is 1.66. The largest absolute Gasteiger partial charge is 0.378 e. The van der Waals surface area contributed by atoms with E-state index in [0.29, 0.717) is 5.92 Å². The van der Waals surface area contributed by atoms with E-state index in [2.05, 4.69) is 69.8 Å². The summed E-state index contributed by atoms with van der Waals surface area (Å²) in [6.07, 6.45) is 5.35. The third kappa shape index (κ3) is 2.79. The lowest BCUT2D eigenvalue weighted by molar-refractivity contribution is 0.427. The summed E-state index contributed by atoms with van der Waals surface area (Å²) in [5.74, 6) is 0.498. The van der Waals surface area contributed by atoms with Gasteiger partial charge in [0.2, 0.25) is 10.0 Å². The van der Waals surface area contributed by atoms with E-state index in [-0.39, 0.29) is 16.9 Å². The van der Waals surface area contributed by atoms with Crippen LogP contribution >= 0.6 is 15.9 Å². The Morgan fingerprint density at radius 3 is 2.57 bits per heavy atom. The number of primary sulfonamides is 1. The van der Waals surface area contributed by atoms with Crippen LogP contribution in [0, 0.1) is 5.92 Å². The molecule has 0 bridgehead atoms. The molecule has 0 aromatic heterocycles. The quantitative estimate of drug-likeness (QED) is 0.530. The van der Waals surface area contributed by atoms with Gasteiger partial charge in [0.15, 0.2) is 0 Å². The number of rotatable bonds is 2. The predicted octanol–water partition coefficient (Wildman–Crippen LogP) is 5.08. The summed E-state index contributed by atoms with van der Waals surface area (Å²) in [5, 5.41) is 11.5. The Morgan fingerprint density at radius 1 is 1.00 bits per heavy atom.